The maximum atomic E-state index is 13.2. The van der Waals surface area contributed by atoms with Crippen molar-refractivity contribution in [3.8, 4) is 17.6 Å². The van der Waals surface area contributed by atoms with Gasteiger partial charge in [0, 0.05) is 24.2 Å². The molecule has 200 valence electrons. The highest BCUT2D eigenvalue weighted by Gasteiger charge is 2.54. The molecular weight excluding hydrogens is 498 g/mol. The molecule has 0 fully saturated rings. The first-order valence-corrected chi connectivity index (χ1v) is 13.5. The third kappa shape index (κ3) is 3.91. The summed E-state index contributed by atoms with van der Waals surface area (Å²) in [6.07, 6.45) is 0.631. The lowest BCUT2D eigenvalue weighted by Crippen LogP contribution is -2.44. The second-order valence-corrected chi connectivity index (χ2v) is 11.5. The van der Waals surface area contributed by atoms with Crippen LogP contribution in [-0.2, 0) is 21.4 Å². The first-order valence-electron chi connectivity index (χ1n) is 13.5. The molecule has 0 saturated heterocycles. The van der Waals surface area contributed by atoms with Crippen molar-refractivity contribution < 1.29 is 19.0 Å². The summed E-state index contributed by atoms with van der Waals surface area (Å²) in [6.45, 7) is 5.68. The Morgan fingerprint density at radius 3 is 2.05 bits per heavy atom. The molecule has 0 atom stereocenters. The van der Waals surface area contributed by atoms with E-state index in [1.165, 1.54) is 22.3 Å². The van der Waals surface area contributed by atoms with Gasteiger partial charge in [-0.15, -0.1) is 0 Å². The quantitative estimate of drug-likeness (QED) is 0.155. The topological polar surface area (TPSA) is 68.6 Å². The van der Waals surface area contributed by atoms with Crippen LogP contribution in [0.15, 0.2) is 84.9 Å². The number of hydrogen-bond acceptors (Lipinski definition) is 5. The summed E-state index contributed by atoms with van der Waals surface area (Å²) in [7, 11) is 1.61. The minimum absolute atomic E-state index is 0.0917. The number of rotatable bonds is 6. The maximum absolute atomic E-state index is 13.2. The molecule has 5 heteroatoms. The van der Waals surface area contributed by atoms with Gasteiger partial charge in [0.2, 0.25) is 0 Å². The van der Waals surface area contributed by atoms with E-state index in [0.717, 1.165) is 16.7 Å². The van der Waals surface area contributed by atoms with Gasteiger partial charge < -0.3 is 14.2 Å². The van der Waals surface area contributed by atoms with Gasteiger partial charge in [0.25, 0.3) is 0 Å². The molecule has 4 aromatic rings. The van der Waals surface area contributed by atoms with E-state index in [9.17, 15) is 10.1 Å². The van der Waals surface area contributed by atoms with E-state index in [0.29, 0.717) is 23.5 Å². The molecule has 0 N–H and O–H groups in total. The summed E-state index contributed by atoms with van der Waals surface area (Å²) in [5.74, 6) is 0.844. The Hall–Kier alpha value is -4.40. The van der Waals surface area contributed by atoms with E-state index in [1.54, 1.807) is 7.11 Å². The maximum Gasteiger partial charge on any atom is 0.316 e. The van der Waals surface area contributed by atoms with Crippen molar-refractivity contribution in [1.82, 2.24) is 0 Å². The average Bonchev–Trinajstić information content (AvgIpc) is 2.96. The van der Waals surface area contributed by atoms with E-state index in [-0.39, 0.29) is 18.7 Å². The number of carbonyl (C=O) groups is 1. The van der Waals surface area contributed by atoms with Gasteiger partial charge in [0.05, 0.1) is 22.5 Å². The molecule has 0 heterocycles. The van der Waals surface area contributed by atoms with Crippen LogP contribution in [-0.4, -0.2) is 19.9 Å². The molecule has 0 spiro atoms. The van der Waals surface area contributed by atoms with Crippen LogP contribution in [0.4, 0.5) is 0 Å². The first-order chi connectivity index (χ1) is 19.3. The lowest BCUT2D eigenvalue weighted by Gasteiger charge is -2.51. The fraction of sp³-hybridized carbons (Fsp3) is 0.257. The molecule has 0 saturated carbocycles. The fourth-order valence-electron chi connectivity index (χ4n) is 6.34. The van der Waals surface area contributed by atoms with Crippen molar-refractivity contribution >= 4 is 5.97 Å². The second-order valence-electron chi connectivity index (χ2n) is 11.5. The van der Waals surface area contributed by atoms with E-state index in [1.807, 2.05) is 57.2 Å². The highest BCUT2D eigenvalue weighted by molar-refractivity contribution is 5.82. The summed E-state index contributed by atoms with van der Waals surface area (Å²) in [5.41, 5.74) is 7.17. The smallest absolute Gasteiger partial charge is 0.316 e. The number of ether oxygens (including phenoxy) is 3. The largest absolute Gasteiger partial charge is 0.467 e. The van der Waals surface area contributed by atoms with Gasteiger partial charge >= 0.3 is 5.97 Å². The zero-order valence-corrected chi connectivity index (χ0v) is 23.2. The predicted molar refractivity (Wildman–Crippen MR) is 153 cm³/mol. The van der Waals surface area contributed by atoms with Gasteiger partial charge in [-0.3, -0.25) is 4.79 Å². The molecule has 0 unspecified atom stereocenters. The van der Waals surface area contributed by atoms with E-state index < -0.39 is 10.8 Å². The minimum atomic E-state index is -0.665. The first kappa shape index (κ1) is 25.9. The van der Waals surface area contributed by atoms with Crippen LogP contribution in [0.25, 0.3) is 0 Å². The van der Waals surface area contributed by atoms with Crippen molar-refractivity contribution in [2.75, 3.05) is 13.9 Å². The van der Waals surface area contributed by atoms with Crippen LogP contribution in [0.1, 0.15) is 71.2 Å². The summed E-state index contributed by atoms with van der Waals surface area (Å²) in [4.78, 5) is 13.2. The van der Waals surface area contributed by atoms with Gasteiger partial charge in [-0.1, -0.05) is 60.7 Å². The third-order valence-electron chi connectivity index (χ3n) is 8.05. The van der Waals surface area contributed by atoms with Crippen molar-refractivity contribution in [2.45, 2.75) is 38.5 Å². The Labute approximate surface area is 235 Å². The third-order valence-corrected chi connectivity index (χ3v) is 8.05. The summed E-state index contributed by atoms with van der Waals surface area (Å²) in [5, 5.41) is 9.40. The number of nitrogens with zero attached hydrogens (tertiary/aromatic N) is 1. The SMILES string of the molecule is COCOc1ccc(OC(=O)C(C)(C)C)c2c1C1(Cc3ccc(C#N)cc3)c3ccccc3C2c2ccccc21. The average molecular weight is 530 g/mol. The Balaban J connectivity index is 1.69. The van der Waals surface area contributed by atoms with Gasteiger partial charge in [-0.25, -0.2) is 0 Å². The second kappa shape index (κ2) is 9.66. The van der Waals surface area contributed by atoms with Crippen molar-refractivity contribution in [2.24, 2.45) is 5.41 Å². The molecule has 5 nitrogen and oxygen atoms in total. The van der Waals surface area contributed by atoms with Crippen LogP contribution in [0.3, 0.4) is 0 Å². The zero-order chi connectivity index (χ0) is 28.1. The van der Waals surface area contributed by atoms with Gasteiger partial charge in [0.1, 0.15) is 11.5 Å². The number of hydrogen-bond donors (Lipinski definition) is 0. The highest BCUT2D eigenvalue weighted by atomic mass is 16.7. The van der Waals surface area contributed by atoms with Crippen molar-refractivity contribution in [3.63, 3.8) is 0 Å². The lowest BCUT2D eigenvalue weighted by molar-refractivity contribution is -0.143. The molecule has 0 radical (unpaired) electrons. The van der Waals surface area contributed by atoms with E-state index in [2.05, 4.69) is 54.6 Å². The van der Waals surface area contributed by atoms with Gasteiger partial charge in [0.15, 0.2) is 6.79 Å². The number of carbonyl (C=O) groups excluding carboxylic acids is 1. The standard InChI is InChI=1S/C35H31NO4/c1-34(2,3)33(37)40-28-17-18-29(39-21-38-4)32-31(28)30-24-9-5-7-11-26(24)35(32,27-12-8-6-10-25(27)30)19-22-13-15-23(20-36)16-14-22/h5-18,30H,19,21H2,1-4H3. The van der Waals surface area contributed by atoms with Crippen LogP contribution in [0.5, 0.6) is 11.5 Å². The molecule has 0 aromatic heterocycles. The Morgan fingerprint density at radius 2 is 1.48 bits per heavy atom. The number of esters is 1. The molecule has 2 bridgehead atoms. The lowest BCUT2D eigenvalue weighted by atomic mass is 9.51. The van der Waals surface area contributed by atoms with Crippen LogP contribution in [0.2, 0.25) is 0 Å². The van der Waals surface area contributed by atoms with Crippen molar-refractivity contribution in [3.05, 3.63) is 129 Å². The van der Waals surface area contributed by atoms with Gasteiger partial charge in [-0.05, 0) is 79.3 Å². The van der Waals surface area contributed by atoms with Crippen LogP contribution < -0.4 is 9.47 Å². The monoisotopic (exact) mass is 529 g/mol. The minimum Gasteiger partial charge on any atom is -0.467 e. The summed E-state index contributed by atoms with van der Waals surface area (Å²) >= 11 is 0. The van der Waals surface area contributed by atoms with E-state index >= 15 is 0 Å². The molecule has 4 aromatic carbocycles. The molecule has 40 heavy (non-hydrogen) atoms. The molecule has 0 aliphatic heterocycles. The van der Waals surface area contributed by atoms with Crippen molar-refractivity contribution in [1.29, 1.82) is 5.26 Å². The Morgan fingerprint density at radius 1 is 0.875 bits per heavy atom. The normalized spacial score (nSPS) is 18.2. The Kier molecular flexibility index (Phi) is 6.24. The molecular formula is C35H31NO4. The number of methoxy groups -OCH3 is 1. The molecule has 7 rings (SSSR count). The molecule has 0 amide bonds. The highest BCUT2D eigenvalue weighted by Crippen LogP contribution is 2.64. The summed E-state index contributed by atoms with van der Waals surface area (Å²) in [6, 6.07) is 30.9. The fourth-order valence-corrected chi connectivity index (χ4v) is 6.34. The van der Waals surface area contributed by atoms with Crippen LogP contribution in [0, 0.1) is 16.7 Å². The molecule has 3 aliphatic rings. The van der Waals surface area contributed by atoms with E-state index in [4.69, 9.17) is 14.2 Å². The zero-order valence-electron chi connectivity index (χ0n) is 23.2. The predicted octanol–water partition coefficient (Wildman–Crippen LogP) is 6.88. The summed E-state index contributed by atoms with van der Waals surface area (Å²) < 4.78 is 17.8. The van der Waals surface area contributed by atoms with Crippen LogP contribution >= 0.6 is 0 Å². The number of nitriles is 1. The molecule has 3 aliphatic carbocycles. The van der Waals surface area contributed by atoms with Gasteiger partial charge in [-0.2, -0.15) is 5.26 Å². The number of benzene rings is 4. The Bertz CT molecular complexity index is 1610.